The number of morpholine rings is 1. The highest BCUT2D eigenvalue weighted by molar-refractivity contribution is 6.08. The Kier molecular flexibility index (Phi) is 5.06. The lowest BCUT2D eigenvalue weighted by molar-refractivity contribution is -0.118. The van der Waals surface area contributed by atoms with Crippen molar-refractivity contribution >= 4 is 11.6 Å². The molecule has 1 amide bonds. The van der Waals surface area contributed by atoms with Gasteiger partial charge >= 0.3 is 0 Å². The van der Waals surface area contributed by atoms with Crippen LogP contribution in [-0.2, 0) is 21.5 Å². The number of rotatable bonds is 4. The average Bonchev–Trinajstić information content (AvgIpc) is 3.39. The first-order valence-corrected chi connectivity index (χ1v) is 13.0. The van der Waals surface area contributed by atoms with Crippen molar-refractivity contribution < 1.29 is 9.53 Å². The smallest absolute Gasteiger partial charge is 0.235 e. The minimum Gasteiger partial charge on any atom is -0.379 e. The van der Waals surface area contributed by atoms with Gasteiger partial charge in [-0.15, -0.1) is 0 Å². The van der Waals surface area contributed by atoms with E-state index in [1.54, 1.807) is 0 Å². The summed E-state index contributed by atoms with van der Waals surface area (Å²) >= 11 is 0. The Hall–Kier alpha value is -2.25. The minimum atomic E-state index is -0.257. The zero-order valence-electron chi connectivity index (χ0n) is 19.6. The van der Waals surface area contributed by atoms with Gasteiger partial charge in [0.2, 0.25) is 5.91 Å². The molecule has 178 valence electrons. The van der Waals surface area contributed by atoms with E-state index in [0.717, 1.165) is 51.4 Å². The summed E-state index contributed by atoms with van der Waals surface area (Å²) in [4.78, 5) is 15.4. The molecule has 4 fully saturated rings. The van der Waals surface area contributed by atoms with Crippen LogP contribution < -0.4 is 16.2 Å². The summed E-state index contributed by atoms with van der Waals surface area (Å²) < 4.78 is 5.50. The molecule has 2 aliphatic carbocycles. The fourth-order valence-electron chi connectivity index (χ4n) is 7.46. The number of ether oxygens (including phenoxy) is 1. The Bertz CT molecular complexity index is 1100. The third-order valence-corrected chi connectivity index (χ3v) is 9.26. The number of fused-ring (bicyclic) bond motifs is 3. The van der Waals surface area contributed by atoms with E-state index in [9.17, 15) is 4.79 Å². The van der Waals surface area contributed by atoms with Gasteiger partial charge in [0.1, 0.15) is 0 Å². The van der Waals surface area contributed by atoms with E-state index >= 15 is 0 Å². The van der Waals surface area contributed by atoms with Crippen LogP contribution in [0.2, 0.25) is 0 Å². The van der Waals surface area contributed by atoms with E-state index in [1.807, 2.05) is 6.07 Å². The fourth-order valence-corrected chi connectivity index (χ4v) is 7.46. The van der Waals surface area contributed by atoms with Crippen LogP contribution in [0.25, 0.3) is 0 Å². The van der Waals surface area contributed by atoms with Crippen LogP contribution in [0.3, 0.4) is 0 Å². The molecule has 2 aromatic carbocycles. The molecule has 0 bridgehead atoms. The van der Waals surface area contributed by atoms with E-state index in [-0.39, 0.29) is 11.3 Å². The van der Waals surface area contributed by atoms with E-state index in [1.165, 1.54) is 29.5 Å². The van der Waals surface area contributed by atoms with Gasteiger partial charge in [-0.2, -0.15) is 0 Å². The third-order valence-electron chi connectivity index (χ3n) is 9.26. The molecule has 6 heteroatoms. The first-order chi connectivity index (χ1) is 16.7. The second kappa shape index (κ2) is 8.16. The number of hydrogen-bond donors (Lipinski definition) is 3. The molecule has 7 rings (SSSR count). The molecule has 2 aromatic rings. The average molecular weight is 459 g/mol. The van der Waals surface area contributed by atoms with Gasteiger partial charge in [0.05, 0.1) is 24.7 Å². The molecular formula is C28H34N4O2. The van der Waals surface area contributed by atoms with E-state index < -0.39 is 0 Å². The van der Waals surface area contributed by atoms with Gasteiger partial charge in [-0.1, -0.05) is 42.5 Å². The van der Waals surface area contributed by atoms with Crippen LogP contribution in [-0.4, -0.2) is 43.2 Å². The van der Waals surface area contributed by atoms with Crippen molar-refractivity contribution in [2.75, 3.05) is 31.6 Å². The molecule has 2 saturated heterocycles. The maximum absolute atomic E-state index is 13.0. The lowest BCUT2D eigenvalue weighted by Crippen LogP contribution is -2.37. The first-order valence-electron chi connectivity index (χ1n) is 13.0. The number of carbonyl (C=O) groups excluding carboxylic acids is 1. The molecule has 34 heavy (non-hydrogen) atoms. The number of para-hydroxylation sites is 1. The first kappa shape index (κ1) is 21.1. The van der Waals surface area contributed by atoms with Crippen LogP contribution in [0.15, 0.2) is 48.5 Å². The summed E-state index contributed by atoms with van der Waals surface area (Å²) in [6.07, 6.45) is 4.60. The van der Waals surface area contributed by atoms with Gasteiger partial charge in [0.15, 0.2) is 0 Å². The summed E-state index contributed by atoms with van der Waals surface area (Å²) in [5.41, 5.74) is 12.1. The molecule has 0 aromatic heterocycles. The van der Waals surface area contributed by atoms with E-state index in [0.29, 0.717) is 29.8 Å². The van der Waals surface area contributed by atoms with E-state index in [4.69, 9.17) is 4.74 Å². The van der Waals surface area contributed by atoms with Gasteiger partial charge in [-0.3, -0.25) is 15.1 Å². The van der Waals surface area contributed by atoms with Crippen LogP contribution in [0.4, 0.5) is 5.69 Å². The number of hydrazine groups is 1. The number of nitrogens with zero attached hydrogens (tertiary/aromatic N) is 1. The number of nitrogens with one attached hydrogen (secondary N) is 3. The second-order valence-corrected chi connectivity index (χ2v) is 11.0. The standard InChI is InChI=1S/C28H34N4O2/c33-27-28(22-6-1-2-7-24(22)29-27)16-23(28)19-8-9-21-25(15-19)30-31-26(21)20-5-3-4-18(14-20)17-32-10-12-34-13-11-32/h1-7,14,19,21,23,25-26,30-31H,8-13,15-17H2,(H,29,33)/t19?,21?,23?,25?,26?,28-/m0/s1. The Labute approximate surface area is 201 Å². The number of carbonyl (C=O) groups is 1. The molecule has 6 nitrogen and oxygen atoms in total. The summed E-state index contributed by atoms with van der Waals surface area (Å²) in [5.74, 6) is 1.93. The van der Waals surface area contributed by atoms with Crippen molar-refractivity contribution in [3.8, 4) is 0 Å². The van der Waals surface area contributed by atoms with Crippen LogP contribution in [0.5, 0.6) is 0 Å². The van der Waals surface area contributed by atoms with Gasteiger partial charge in [-0.25, -0.2) is 5.43 Å². The molecule has 3 N–H and O–H groups in total. The fraction of sp³-hybridized carbons (Fsp3) is 0.536. The Morgan fingerprint density at radius 2 is 1.91 bits per heavy atom. The molecule has 3 heterocycles. The molecule has 3 aliphatic heterocycles. The largest absolute Gasteiger partial charge is 0.379 e. The molecule has 5 aliphatic rings. The highest BCUT2D eigenvalue weighted by atomic mass is 16.5. The van der Waals surface area contributed by atoms with Gasteiger partial charge in [-0.05, 0) is 66.2 Å². The van der Waals surface area contributed by atoms with Gasteiger partial charge < -0.3 is 10.1 Å². The van der Waals surface area contributed by atoms with Crippen molar-refractivity contribution in [3.63, 3.8) is 0 Å². The summed E-state index contributed by atoms with van der Waals surface area (Å²) in [7, 11) is 0. The van der Waals surface area contributed by atoms with E-state index in [2.05, 4.69) is 63.5 Å². The normalized spacial score (nSPS) is 36.8. The lowest BCUT2D eigenvalue weighted by Gasteiger charge is -2.34. The van der Waals surface area contributed by atoms with Crippen molar-refractivity contribution in [2.45, 2.75) is 49.7 Å². The van der Waals surface area contributed by atoms with Gasteiger partial charge in [0.25, 0.3) is 0 Å². The second-order valence-electron chi connectivity index (χ2n) is 11.0. The molecule has 0 radical (unpaired) electrons. The predicted octanol–water partition coefficient (Wildman–Crippen LogP) is 3.36. The number of amides is 1. The van der Waals surface area contributed by atoms with Gasteiger partial charge in [0, 0.05) is 31.4 Å². The maximum Gasteiger partial charge on any atom is 0.235 e. The SMILES string of the molecule is O=C1Nc2ccccc2[C@]12CC2C1CCC2C(C1)NNC2c1cccc(CN2CCOCC2)c1. The maximum atomic E-state index is 13.0. The Morgan fingerprint density at radius 3 is 2.82 bits per heavy atom. The van der Waals surface area contributed by atoms with Crippen molar-refractivity contribution in [1.29, 1.82) is 0 Å². The highest BCUT2D eigenvalue weighted by Gasteiger charge is 2.67. The third kappa shape index (κ3) is 3.34. The van der Waals surface area contributed by atoms with Crippen LogP contribution in [0.1, 0.15) is 48.4 Å². The number of anilines is 1. The summed E-state index contributed by atoms with van der Waals surface area (Å²) in [6.45, 7) is 4.72. The zero-order valence-corrected chi connectivity index (χ0v) is 19.6. The highest BCUT2D eigenvalue weighted by Crippen LogP contribution is 2.65. The summed E-state index contributed by atoms with van der Waals surface area (Å²) in [5, 5.41) is 3.15. The minimum absolute atomic E-state index is 0.230. The number of hydrogen-bond acceptors (Lipinski definition) is 5. The van der Waals surface area contributed by atoms with Crippen molar-refractivity contribution in [3.05, 3.63) is 65.2 Å². The molecule has 1 spiro atoms. The number of benzene rings is 2. The monoisotopic (exact) mass is 458 g/mol. The van der Waals surface area contributed by atoms with Crippen LogP contribution in [0, 0.1) is 17.8 Å². The molecule has 2 saturated carbocycles. The zero-order chi connectivity index (χ0) is 22.7. The molecule has 6 atom stereocenters. The summed E-state index contributed by atoms with van der Waals surface area (Å²) in [6, 6.07) is 18.3. The quantitative estimate of drug-likeness (QED) is 0.656. The molecular weight excluding hydrogens is 424 g/mol. The van der Waals surface area contributed by atoms with Crippen LogP contribution >= 0.6 is 0 Å². The van der Waals surface area contributed by atoms with Crippen molar-refractivity contribution in [1.82, 2.24) is 15.8 Å². The molecule has 5 unspecified atom stereocenters. The Morgan fingerprint density at radius 1 is 1.03 bits per heavy atom. The topological polar surface area (TPSA) is 65.6 Å². The predicted molar refractivity (Wildman–Crippen MR) is 131 cm³/mol. The lowest BCUT2D eigenvalue weighted by atomic mass is 9.72. The Balaban J connectivity index is 1.03. The van der Waals surface area contributed by atoms with Crippen molar-refractivity contribution in [2.24, 2.45) is 17.8 Å².